The standard InChI is InChI=1S/C104H88N4O10/c1-11-13-50-113-72-45-36-65(37-46-72)52-70(59-105)67-39-41-68(42-40-67)71(60-106)53-66-38-49-86(114-51-14-12-2)81(54-66)69-43-47-76(48-44-69)118-90-58-85-92-84(103(111)108(104(85)112)100-79(63(7)8)34-25-35-80(100)64(9)10)56-88(116-74-28-20-16-21-29-74)94-93-87(115-73-26-18-15-19-27-73)55-82-91-83(57-89(117-75-30-22-17-23-31-75)95(97(91)93)96(90)98(92)94)102(110)107(101(82)109)99-77(61(3)4)32-24-33-78(99)62(5)6/h15-49,52-58,61-64H,11-14,50-51H2,1-10H3/b70-52+,71-53+. The molecule has 0 saturated carbocycles. The maximum atomic E-state index is 16.7. The van der Waals surface area contributed by atoms with Gasteiger partial charge in [0.15, 0.2) is 0 Å². The highest BCUT2D eigenvalue weighted by Crippen LogP contribution is 2.59. The molecular formula is C104H88N4O10. The number of allylic oxidation sites excluding steroid dienone is 2. The van der Waals surface area contributed by atoms with Crippen LogP contribution < -0.4 is 38.2 Å². The minimum Gasteiger partial charge on any atom is -0.494 e. The summed E-state index contributed by atoms with van der Waals surface area (Å²) >= 11 is 0. The zero-order valence-corrected chi connectivity index (χ0v) is 67.7. The summed E-state index contributed by atoms with van der Waals surface area (Å²) in [5.74, 6) is 0.948. The van der Waals surface area contributed by atoms with E-state index in [1.807, 2.05) is 258 Å². The second kappa shape index (κ2) is 33.0. The second-order valence-corrected chi connectivity index (χ2v) is 31.3. The fraction of sp³-hybridized carbons (Fsp3) is 0.192. The first-order valence-corrected chi connectivity index (χ1v) is 40.5. The van der Waals surface area contributed by atoms with E-state index in [1.165, 1.54) is 9.80 Å². The van der Waals surface area contributed by atoms with Crippen LogP contribution >= 0.6 is 0 Å². The first kappa shape index (κ1) is 77.8. The van der Waals surface area contributed by atoms with Crippen molar-refractivity contribution < 1.29 is 47.6 Å². The molecule has 2 heterocycles. The van der Waals surface area contributed by atoms with Gasteiger partial charge in [-0.3, -0.25) is 19.2 Å². The maximum absolute atomic E-state index is 16.7. The molecule has 14 nitrogen and oxygen atoms in total. The minimum absolute atomic E-state index is 0.109. The van der Waals surface area contributed by atoms with E-state index in [0.717, 1.165) is 75.9 Å². The molecule has 0 atom stereocenters. The zero-order chi connectivity index (χ0) is 82.2. The molecule has 0 radical (unpaired) electrons. The number of nitrogens with zero attached hydrogens (tertiary/aromatic N) is 4. The third-order valence-electron chi connectivity index (χ3n) is 22.1. The van der Waals surface area contributed by atoms with Crippen molar-refractivity contribution in [3.63, 3.8) is 0 Å². The van der Waals surface area contributed by atoms with Crippen LogP contribution in [0.25, 0.3) is 77.5 Å². The topological polar surface area (TPSA) is 178 Å². The van der Waals surface area contributed by atoms with E-state index in [0.29, 0.717) is 119 Å². The van der Waals surface area contributed by atoms with Crippen LogP contribution in [0.15, 0.2) is 243 Å². The number of ether oxygens (including phenoxy) is 6. The molecule has 0 aliphatic carbocycles. The highest BCUT2D eigenvalue weighted by Gasteiger charge is 2.44. The Bertz CT molecular complexity index is 6360. The van der Waals surface area contributed by atoms with Crippen molar-refractivity contribution in [3.05, 3.63) is 309 Å². The van der Waals surface area contributed by atoms with Crippen LogP contribution in [0.2, 0.25) is 0 Å². The molecule has 2 aliphatic rings. The van der Waals surface area contributed by atoms with Crippen molar-refractivity contribution in [2.75, 3.05) is 23.0 Å². The Labute approximate surface area is 687 Å². The molecule has 118 heavy (non-hydrogen) atoms. The number of amides is 4. The summed E-state index contributed by atoms with van der Waals surface area (Å²) in [5.41, 5.74) is 10.2. The number of carbonyl (C=O) groups excluding carboxylic acids is 4. The third-order valence-corrected chi connectivity index (χ3v) is 22.1. The van der Waals surface area contributed by atoms with Gasteiger partial charge in [-0.1, -0.05) is 228 Å². The average Bonchev–Trinajstić information content (AvgIpc) is 0.669. The highest BCUT2D eigenvalue weighted by atomic mass is 16.5. The van der Waals surface area contributed by atoms with Gasteiger partial charge in [-0.25, -0.2) is 9.80 Å². The van der Waals surface area contributed by atoms with Crippen molar-refractivity contribution in [2.24, 2.45) is 0 Å². The van der Waals surface area contributed by atoms with Crippen LogP contribution in [0.5, 0.6) is 57.5 Å². The molecule has 14 aromatic carbocycles. The Kier molecular flexibility index (Phi) is 21.8. The quantitative estimate of drug-likeness (QED) is 0.0119. The predicted molar refractivity (Wildman–Crippen MR) is 471 cm³/mol. The molecule has 4 amide bonds. The van der Waals surface area contributed by atoms with E-state index in [-0.39, 0.29) is 68.9 Å². The average molecular weight is 1550 g/mol. The van der Waals surface area contributed by atoms with Crippen molar-refractivity contribution in [1.82, 2.24) is 0 Å². The van der Waals surface area contributed by atoms with E-state index in [2.05, 4.69) is 53.7 Å². The number of anilines is 2. The van der Waals surface area contributed by atoms with Gasteiger partial charge in [-0.2, -0.15) is 10.5 Å². The molecule has 0 aromatic heterocycles. The van der Waals surface area contributed by atoms with E-state index >= 15 is 19.2 Å². The SMILES string of the molecule is CCCCOc1ccc(/C=C(\C#N)c2ccc(/C(C#N)=C/c3ccc(OCCCC)c(-c4ccc(Oc5cc6c7c(cc(Oc8ccccc8)c8c9c(Oc%10ccccc%10)cc%10c%11c(cc(Oc%12ccccc%12)c(c5c78)c%119)C(=O)N(c5c(C(C)C)cccc5C(C)C)C%10=O)C(=O)N(c5c(C(C)C)cccc5C(C)C)C6=O)cc4)c3)cc2)cc1. The predicted octanol–water partition coefficient (Wildman–Crippen LogP) is 27.2. The number of unbranched alkanes of at least 4 members (excludes halogenated alkanes) is 2. The number of imide groups is 2. The molecule has 0 fully saturated rings. The van der Waals surface area contributed by atoms with Crippen LogP contribution in [0.1, 0.15) is 205 Å². The molecule has 0 spiro atoms. The molecule has 0 unspecified atom stereocenters. The molecule has 0 bridgehead atoms. The third kappa shape index (κ3) is 14.6. The highest BCUT2D eigenvalue weighted by molar-refractivity contribution is 6.48. The maximum Gasteiger partial charge on any atom is 0.266 e. The lowest BCUT2D eigenvalue weighted by Crippen LogP contribution is -2.42. The van der Waals surface area contributed by atoms with Crippen LogP contribution in [0, 0.1) is 22.7 Å². The number of para-hydroxylation sites is 5. The summed E-state index contributed by atoms with van der Waals surface area (Å²) in [6.07, 6.45) is 7.38. The summed E-state index contributed by atoms with van der Waals surface area (Å²) in [6, 6.07) is 79.7. The summed E-state index contributed by atoms with van der Waals surface area (Å²) in [5, 5.41) is 24.1. The number of rotatable bonds is 27. The largest absolute Gasteiger partial charge is 0.494 e. The Balaban J connectivity index is 0.933. The number of hydrogen-bond donors (Lipinski definition) is 0. The van der Waals surface area contributed by atoms with E-state index in [9.17, 15) is 10.5 Å². The number of fused-ring (bicyclic) bond motifs is 2. The Morgan fingerprint density at radius 1 is 0.331 bits per heavy atom. The Morgan fingerprint density at radius 2 is 0.661 bits per heavy atom. The van der Waals surface area contributed by atoms with E-state index < -0.39 is 23.6 Å². The smallest absolute Gasteiger partial charge is 0.266 e. The lowest BCUT2D eigenvalue weighted by atomic mass is 9.80. The minimum atomic E-state index is -0.591. The second-order valence-electron chi connectivity index (χ2n) is 31.3. The van der Waals surface area contributed by atoms with Crippen molar-refractivity contribution in [2.45, 2.75) is 119 Å². The first-order valence-electron chi connectivity index (χ1n) is 40.5. The summed E-state index contributed by atoms with van der Waals surface area (Å²) in [6.45, 7) is 21.7. The van der Waals surface area contributed by atoms with E-state index in [1.54, 1.807) is 24.3 Å². The van der Waals surface area contributed by atoms with Gasteiger partial charge in [-0.05, 0) is 196 Å². The van der Waals surface area contributed by atoms with Crippen molar-refractivity contribution in [3.8, 4) is 80.8 Å². The fourth-order valence-electron chi connectivity index (χ4n) is 16.3. The van der Waals surface area contributed by atoms with Gasteiger partial charge in [0.2, 0.25) is 0 Å². The van der Waals surface area contributed by atoms with Crippen LogP contribution in [0.4, 0.5) is 11.4 Å². The Morgan fingerprint density at radius 3 is 1.01 bits per heavy atom. The number of benzene rings is 14. The molecule has 14 aromatic rings. The normalized spacial score (nSPS) is 12.9. The zero-order valence-electron chi connectivity index (χ0n) is 67.7. The molecule has 14 heteroatoms. The number of nitriles is 2. The fourth-order valence-corrected chi connectivity index (χ4v) is 16.3. The molecule has 0 N–H and O–H groups in total. The molecule has 2 aliphatic heterocycles. The molecule has 16 rings (SSSR count). The first-order chi connectivity index (χ1) is 57.3. The monoisotopic (exact) mass is 1550 g/mol. The number of hydrogen-bond acceptors (Lipinski definition) is 12. The Hall–Kier alpha value is -14.1. The van der Waals surface area contributed by atoms with Crippen LogP contribution in [0.3, 0.4) is 0 Å². The lowest BCUT2D eigenvalue weighted by molar-refractivity contribution is 0.0877. The van der Waals surface area contributed by atoms with Crippen molar-refractivity contribution in [1.29, 1.82) is 10.5 Å². The van der Waals surface area contributed by atoms with Gasteiger partial charge >= 0.3 is 0 Å². The lowest BCUT2D eigenvalue weighted by Gasteiger charge is -2.35. The summed E-state index contributed by atoms with van der Waals surface area (Å²) in [4.78, 5) is 69.0. The van der Waals surface area contributed by atoms with Gasteiger partial charge in [-0.15, -0.1) is 0 Å². The van der Waals surface area contributed by atoms with Gasteiger partial charge in [0.1, 0.15) is 57.5 Å². The molecule has 0 saturated heterocycles. The van der Waals surface area contributed by atoms with Gasteiger partial charge in [0.25, 0.3) is 23.6 Å². The number of carbonyl (C=O) groups is 4. The van der Waals surface area contributed by atoms with E-state index in [4.69, 9.17) is 28.4 Å². The summed E-state index contributed by atoms with van der Waals surface area (Å²) < 4.78 is 41.9. The summed E-state index contributed by atoms with van der Waals surface area (Å²) in [7, 11) is 0. The molecule has 584 valence electrons. The van der Waals surface area contributed by atoms with Gasteiger partial charge < -0.3 is 28.4 Å². The van der Waals surface area contributed by atoms with Gasteiger partial charge in [0.05, 0.1) is 70.1 Å². The molecular weight excluding hydrogens is 1470 g/mol. The van der Waals surface area contributed by atoms with Gasteiger partial charge in [0, 0.05) is 48.7 Å². The van der Waals surface area contributed by atoms with Crippen LogP contribution in [-0.2, 0) is 0 Å². The van der Waals surface area contributed by atoms with Crippen molar-refractivity contribution >= 4 is 101 Å². The van der Waals surface area contributed by atoms with Crippen LogP contribution in [-0.4, -0.2) is 36.8 Å².